The van der Waals surface area contributed by atoms with E-state index in [-0.39, 0.29) is 35.8 Å². The Hall–Kier alpha value is -5.19. The lowest BCUT2D eigenvalue weighted by Crippen LogP contribution is -2.51. The first-order valence-electron chi connectivity index (χ1n) is 23.4. The number of amides is 3. The van der Waals surface area contributed by atoms with Crippen molar-refractivity contribution < 1.29 is 24.2 Å². The summed E-state index contributed by atoms with van der Waals surface area (Å²) in [5.74, 6) is 0.491. The number of rotatable bonds is 15. The van der Waals surface area contributed by atoms with Gasteiger partial charge >= 0.3 is 0 Å². The van der Waals surface area contributed by atoms with Crippen molar-refractivity contribution in [2.24, 2.45) is 0 Å². The van der Waals surface area contributed by atoms with Gasteiger partial charge < -0.3 is 40.9 Å². The van der Waals surface area contributed by atoms with Gasteiger partial charge in [0.1, 0.15) is 12.1 Å². The van der Waals surface area contributed by atoms with Crippen LogP contribution in [0.5, 0.6) is 0 Å². The minimum atomic E-state index is -0.567. The summed E-state index contributed by atoms with van der Waals surface area (Å²) in [6.07, 6.45) is 7.71. The molecule has 3 saturated heterocycles. The molecule has 0 spiro atoms. The Bertz CT molecular complexity index is 2280. The van der Waals surface area contributed by atoms with Gasteiger partial charge in [0, 0.05) is 94.3 Å². The van der Waals surface area contributed by atoms with E-state index in [0.29, 0.717) is 88.3 Å². The van der Waals surface area contributed by atoms with Crippen LogP contribution in [0.15, 0.2) is 67.1 Å². The van der Waals surface area contributed by atoms with Crippen LogP contribution in [0.25, 0.3) is 11.1 Å². The van der Waals surface area contributed by atoms with Gasteiger partial charge in [-0.1, -0.05) is 61.8 Å². The van der Waals surface area contributed by atoms with Crippen LogP contribution >= 0.6 is 11.6 Å². The number of likely N-dealkylation sites (tertiary alicyclic amines) is 2. The Morgan fingerprint density at radius 1 is 0.877 bits per heavy atom. The first-order valence-corrected chi connectivity index (χ1v) is 23.7. The highest BCUT2D eigenvalue weighted by molar-refractivity contribution is 6.30. The van der Waals surface area contributed by atoms with E-state index in [2.05, 4.69) is 61.4 Å². The molecule has 0 saturated carbocycles. The molecule has 2 aromatic carbocycles. The predicted octanol–water partition coefficient (Wildman–Crippen LogP) is 4.80. The number of piperazine rings is 1. The number of aromatic nitrogens is 3. The van der Waals surface area contributed by atoms with Crippen LogP contribution in [0.4, 0.5) is 11.5 Å². The molecule has 2 aromatic heterocycles. The van der Waals surface area contributed by atoms with Gasteiger partial charge in [-0.15, -0.1) is 0 Å². The fourth-order valence-electron chi connectivity index (χ4n) is 9.76. The second-order valence-corrected chi connectivity index (χ2v) is 18.4. The molecule has 4 aliphatic rings. The maximum absolute atomic E-state index is 14.1. The summed E-state index contributed by atoms with van der Waals surface area (Å²) in [5.41, 5.74) is 12.8. The highest BCUT2D eigenvalue weighted by Gasteiger charge is 2.35. The number of nitrogen functional groups attached to an aromatic ring is 1. The fraction of sp³-hybridized carbons (Fsp3) is 0.510. The summed E-state index contributed by atoms with van der Waals surface area (Å²) in [7, 11) is 0. The Morgan fingerprint density at radius 2 is 1.60 bits per heavy atom. The van der Waals surface area contributed by atoms with Crippen LogP contribution in [0, 0.1) is 0 Å². The third-order valence-electron chi connectivity index (χ3n) is 13.5. The SMILES string of the molecule is CCc1cccc(-c2cnc(C(=O)N3CCC(OC4CCN(CC(=O)NCCNC[C@@H](C(=O)N5CCN(c6ncnc7c6[C@H](C)C[C@H]7O)CC5)c5ccc(Cl)cc5)CC4)CC3)c(N)c2)c1. The standard InChI is InChI=1S/C49H63ClN10O5/c1-3-33-5-4-6-35(26-33)36-27-41(51)45(54-28-36)49(64)59-19-13-39(14-20-59)65-38-11-17-57(18-12-38)30-43(62)53-16-15-52-29-40(34-7-9-37(50)10-8-34)48(63)60-23-21-58(22-24-60)47-44-32(2)25-42(61)46(44)55-31-56-47/h4-10,26-28,31-32,38-40,42,52,61H,3,11-25,29-30,51H2,1-2H3,(H,53,62)/t32-,40-,42-/m1/s1. The monoisotopic (exact) mass is 906 g/mol. The summed E-state index contributed by atoms with van der Waals surface area (Å²) in [4.78, 5) is 62.0. The molecule has 346 valence electrons. The normalized spacial score (nSPS) is 20.2. The molecule has 0 bridgehead atoms. The number of aryl methyl sites for hydroxylation is 1. The molecular formula is C49H63ClN10O5. The lowest BCUT2D eigenvalue weighted by Gasteiger charge is -2.38. The van der Waals surface area contributed by atoms with Crippen LogP contribution in [0.1, 0.15) is 96.8 Å². The average molecular weight is 908 g/mol. The van der Waals surface area contributed by atoms with Crippen molar-refractivity contribution in [1.29, 1.82) is 0 Å². The lowest BCUT2D eigenvalue weighted by molar-refractivity contribution is -0.133. The van der Waals surface area contributed by atoms with E-state index in [1.54, 1.807) is 6.20 Å². The quantitative estimate of drug-likeness (QED) is 0.120. The summed E-state index contributed by atoms with van der Waals surface area (Å²) in [6.45, 7) is 11.0. The summed E-state index contributed by atoms with van der Waals surface area (Å²) in [5, 5.41) is 17.6. The molecule has 3 aliphatic heterocycles. The van der Waals surface area contributed by atoms with Crippen LogP contribution in [0.2, 0.25) is 5.02 Å². The van der Waals surface area contributed by atoms with Crippen LogP contribution in [-0.4, -0.2) is 143 Å². The summed E-state index contributed by atoms with van der Waals surface area (Å²) < 4.78 is 6.51. The van der Waals surface area contributed by atoms with E-state index in [1.807, 2.05) is 52.3 Å². The molecule has 4 aromatic rings. The second kappa shape index (κ2) is 21.4. The third-order valence-corrected chi connectivity index (χ3v) is 13.8. The Balaban J connectivity index is 0.726. The van der Waals surface area contributed by atoms with E-state index in [1.165, 1.54) is 11.9 Å². The van der Waals surface area contributed by atoms with Crippen molar-refractivity contribution in [3.8, 4) is 11.1 Å². The van der Waals surface area contributed by atoms with Gasteiger partial charge in [-0.2, -0.15) is 0 Å². The molecule has 5 heterocycles. The molecule has 5 N–H and O–H groups in total. The largest absolute Gasteiger partial charge is 0.397 e. The second-order valence-electron chi connectivity index (χ2n) is 17.9. The van der Waals surface area contributed by atoms with Crippen LogP contribution in [-0.2, 0) is 20.7 Å². The topological polar surface area (TPSA) is 182 Å². The van der Waals surface area contributed by atoms with Crippen LogP contribution < -0.4 is 21.3 Å². The zero-order valence-electron chi connectivity index (χ0n) is 37.6. The maximum Gasteiger partial charge on any atom is 0.274 e. The zero-order valence-corrected chi connectivity index (χ0v) is 38.4. The zero-order chi connectivity index (χ0) is 45.5. The Labute approximate surface area is 387 Å². The summed E-state index contributed by atoms with van der Waals surface area (Å²) in [6, 6.07) is 17.6. The summed E-state index contributed by atoms with van der Waals surface area (Å²) >= 11 is 6.22. The number of nitrogens with one attached hydrogen (secondary N) is 2. The number of benzene rings is 2. The molecule has 8 rings (SSSR count). The highest BCUT2D eigenvalue weighted by atomic mass is 35.5. The molecule has 15 nitrogen and oxygen atoms in total. The van der Waals surface area contributed by atoms with Crippen molar-refractivity contribution in [3.63, 3.8) is 0 Å². The van der Waals surface area contributed by atoms with E-state index >= 15 is 0 Å². The number of nitrogens with zero attached hydrogens (tertiary/aromatic N) is 7. The number of aliphatic hydroxyl groups excluding tert-OH is 1. The number of halogens is 1. The van der Waals surface area contributed by atoms with Gasteiger partial charge in [-0.25, -0.2) is 15.0 Å². The number of hydrogen-bond donors (Lipinski definition) is 4. The Morgan fingerprint density at radius 3 is 2.31 bits per heavy atom. The van der Waals surface area contributed by atoms with Crippen molar-refractivity contribution in [1.82, 2.24) is 40.3 Å². The number of fused-ring (bicyclic) bond motifs is 1. The van der Waals surface area contributed by atoms with Gasteiger partial charge in [-0.3, -0.25) is 19.3 Å². The number of piperidine rings is 2. The molecule has 0 radical (unpaired) electrons. The fourth-order valence-corrected chi connectivity index (χ4v) is 9.89. The van der Waals surface area contributed by atoms with Crippen molar-refractivity contribution in [3.05, 3.63) is 100 Å². The number of pyridine rings is 1. The third kappa shape index (κ3) is 11.3. The minimum Gasteiger partial charge on any atom is -0.397 e. The molecule has 16 heteroatoms. The number of ether oxygens (including phenoxy) is 1. The number of nitrogens with two attached hydrogens (primary N) is 1. The first kappa shape index (κ1) is 46.3. The lowest BCUT2D eigenvalue weighted by atomic mass is 9.97. The van der Waals surface area contributed by atoms with Gasteiger partial charge in [0.2, 0.25) is 11.8 Å². The van der Waals surface area contributed by atoms with E-state index in [9.17, 15) is 19.5 Å². The molecule has 1 aliphatic carbocycles. The highest BCUT2D eigenvalue weighted by Crippen LogP contribution is 2.43. The van der Waals surface area contributed by atoms with Crippen molar-refractivity contribution in [2.75, 3.05) is 89.2 Å². The predicted molar refractivity (Wildman–Crippen MR) is 252 cm³/mol. The number of anilines is 2. The number of aliphatic hydroxyl groups is 1. The number of hydrogen-bond acceptors (Lipinski definition) is 12. The molecular weight excluding hydrogens is 844 g/mol. The van der Waals surface area contributed by atoms with Crippen molar-refractivity contribution >= 4 is 40.8 Å². The average Bonchev–Trinajstić information content (AvgIpc) is 3.63. The van der Waals surface area contributed by atoms with E-state index in [4.69, 9.17) is 22.1 Å². The van der Waals surface area contributed by atoms with Gasteiger partial charge in [-0.05, 0) is 79.3 Å². The number of carbonyl (C=O) groups excluding carboxylic acids is 3. The maximum atomic E-state index is 14.1. The molecule has 3 amide bonds. The van der Waals surface area contributed by atoms with Crippen molar-refractivity contribution in [2.45, 2.75) is 82.5 Å². The van der Waals surface area contributed by atoms with E-state index < -0.39 is 12.0 Å². The molecule has 65 heavy (non-hydrogen) atoms. The van der Waals surface area contributed by atoms with Gasteiger partial charge in [0.05, 0.1) is 42.2 Å². The van der Waals surface area contributed by atoms with Crippen LogP contribution in [0.3, 0.4) is 0 Å². The van der Waals surface area contributed by atoms with Gasteiger partial charge in [0.15, 0.2) is 5.69 Å². The molecule has 3 fully saturated rings. The van der Waals surface area contributed by atoms with Gasteiger partial charge in [0.25, 0.3) is 5.91 Å². The molecule has 3 atom stereocenters. The Kier molecular flexibility index (Phi) is 15.3. The smallest absolute Gasteiger partial charge is 0.274 e. The molecule has 0 unspecified atom stereocenters. The van der Waals surface area contributed by atoms with E-state index in [0.717, 1.165) is 79.0 Å². The number of carbonyl (C=O) groups is 3. The first-order chi connectivity index (χ1) is 31.5. The minimum absolute atomic E-state index is 0.0277.